The minimum absolute atomic E-state index is 0.0778. The van der Waals surface area contributed by atoms with Crippen LogP contribution in [0.15, 0.2) is 12.1 Å². The average molecular weight is 222 g/mol. The van der Waals surface area contributed by atoms with Gasteiger partial charge in [-0.3, -0.25) is 0 Å². The van der Waals surface area contributed by atoms with Gasteiger partial charge in [-0.25, -0.2) is 9.78 Å². The first-order chi connectivity index (χ1) is 7.56. The summed E-state index contributed by atoms with van der Waals surface area (Å²) in [6, 6.07) is 3.16. The van der Waals surface area contributed by atoms with Crippen LogP contribution >= 0.6 is 0 Å². The molecule has 16 heavy (non-hydrogen) atoms. The van der Waals surface area contributed by atoms with Crippen molar-refractivity contribution in [3.63, 3.8) is 0 Å². The van der Waals surface area contributed by atoms with E-state index in [-0.39, 0.29) is 17.7 Å². The number of aliphatic hydroxyl groups excluding tert-OH is 1. The van der Waals surface area contributed by atoms with Crippen LogP contribution in [-0.2, 0) is 0 Å². The Balaban J connectivity index is 2.18. The van der Waals surface area contributed by atoms with Crippen molar-refractivity contribution < 1.29 is 15.0 Å². The lowest BCUT2D eigenvalue weighted by Gasteiger charge is -2.15. The SMILES string of the molecule is Cc1nc(NC2(CO)CC2)ccc1C(=O)O. The Hall–Kier alpha value is -1.62. The smallest absolute Gasteiger partial charge is 0.337 e. The third-order valence-electron chi connectivity index (χ3n) is 2.87. The maximum Gasteiger partial charge on any atom is 0.337 e. The molecule has 0 saturated heterocycles. The molecule has 1 saturated carbocycles. The predicted octanol–water partition coefficient (Wildman–Crippen LogP) is 1.03. The molecule has 0 radical (unpaired) electrons. The summed E-state index contributed by atoms with van der Waals surface area (Å²) in [4.78, 5) is 15.0. The highest BCUT2D eigenvalue weighted by Gasteiger charge is 2.42. The zero-order valence-corrected chi connectivity index (χ0v) is 9.03. The summed E-state index contributed by atoms with van der Waals surface area (Å²) >= 11 is 0. The Morgan fingerprint density at radius 2 is 2.25 bits per heavy atom. The molecule has 1 heterocycles. The molecule has 3 N–H and O–H groups in total. The summed E-state index contributed by atoms with van der Waals surface area (Å²) in [5, 5.41) is 21.1. The van der Waals surface area contributed by atoms with Crippen LogP contribution in [0.5, 0.6) is 0 Å². The van der Waals surface area contributed by atoms with Crippen LogP contribution in [0.1, 0.15) is 28.9 Å². The molecule has 0 atom stereocenters. The van der Waals surface area contributed by atoms with Gasteiger partial charge in [0.1, 0.15) is 5.82 Å². The second-order valence-corrected chi connectivity index (χ2v) is 4.20. The van der Waals surface area contributed by atoms with Crippen LogP contribution in [0.2, 0.25) is 0 Å². The number of rotatable bonds is 4. The number of aromatic carboxylic acids is 1. The van der Waals surface area contributed by atoms with Crippen LogP contribution in [0.4, 0.5) is 5.82 Å². The van der Waals surface area contributed by atoms with Crippen molar-refractivity contribution in [1.82, 2.24) is 4.98 Å². The van der Waals surface area contributed by atoms with Crippen LogP contribution in [0, 0.1) is 6.92 Å². The number of nitrogens with zero attached hydrogens (tertiary/aromatic N) is 1. The first kappa shape index (κ1) is 10.9. The molecule has 1 fully saturated rings. The molecule has 0 aromatic carbocycles. The second kappa shape index (κ2) is 3.75. The van der Waals surface area contributed by atoms with E-state index in [4.69, 9.17) is 10.2 Å². The van der Waals surface area contributed by atoms with E-state index in [0.29, 0.717) is 11.5 Å². The van der Waals surface area contributed by atoms with Gasteiger partial charge in [0, 0.05) is 0 Å². The summed E-state index contributed by atoms with van der Waals surface area (Å²) in [5.41, 5.74) is 0.454. The standard InChI is InChI=1S/C11H14N2O3/c1-7-8(10(15)16)2-3-9(12-7)13-11(6-14)4-5-11/h2-3,14H,4-6H2,1H3,(H,12,13)(H,15,16). The molecule has 5 heteroatoms. The van der Waals surface area contributed by atoms with E-state index in [1.807, 2.05) is 0 Å². The molecule has 1 aromatic rings. The molecular weight excluding hydrogens is 208 g/mol. The molecule has 0 spiro atoms. The highest BCUT2D eigenvalue weighted by molar-refractivity contribution is 5.89. The third-order valence-corrected chi connectivity index (χ3v) is 2.87. The second-order valence-electron chi connectivity index (χ2n) is 4.20. The number of aliphatic hydroxyl groups is 1. The predicted molar refractivity (Wildman–Crippen MR) is 58.6 cm³/mol. The number of carboxylic acid groups (broad SMARTS) is 1. The fourth-order valence-electron chi connectivity index (χ4n) is 1.60. The number of carbonyl (C=O) groups is 1. The summed E-state index contributed by atoms with van der Waals surface area (Å²) in [5.74, 6) is -0.353. The van der Waals surface area contributed by atoms with Crippen LogP contribution < -0.4 is 5.32 Å². The molecule has 86 valence electrons. The molecule has 0 unspecified atom stereocenters. The fraction of sp³-hybridized carbons (Fsp3) is 0.455. The number of carboxylic acids is 1. The van der Waals surface area contributed by atoms with E-state index >= 15 is 0 Å². The van der Waals surface area contributed by atoms with Gasteiger partial charge in [-0.05, 0) is 31.9 Å². The van der Waals surface area contributed by atoms with E-state index in [9.17, 15) is 4.79 Å². The summed E-state index contributed by atoms with van der Waals surface area (Å²) in [6.07, 6.45) is 1.84. The number of hydrogen-bond donors (Lipinski definition) is 3. The van der Waals surface area contributed by atoms with Gasteiger partial charge in [-0.2, -0.15) is 0 Å². The summed E-state index contributed by atoms with van der Waals surface area (Å²) in [6.45, 7) is 1.74. The first-order valence-electron chi connectivity index (χ1n) is 5.16. The molecule has 0 amide bonds. The minimum atomic E-state index is -0.972. The Labute approximate surface area is 93.1 Å². The van der Waals surface area contributed by atoms with Gasteiger partial charge in [-0.15, -0.1) is 0 Å². The minimum Gasteiger partial charge on any atom is -0.478 e. The molecule has 2 rings (SSSR count). The monoisotopic (exact) mass is 222 g/mol. The number of pyridine rings is 1. The van der Waals surface area contributed by atoms with Crippen LogP contribution in [0.3, 0.4) is 0 Å². The van der Waals surface area contributed by atoms with E-state index in [0.717, 1.165) is 12.8 Å². The largest absolute Gasteiger partial charge is 0.478 e. The van der Waals surface area contributed by atoms with E-state index in [1.165, 1.54) is 6.07 Å². The Bertz CT molecular complexity index is 427. The fourth-order valence-corrected chi connectivity index (χ4v) is 1.60. The van der Waals surface area contributed by atoms with Gasteiger partial charge in [-0.1, -0.05) is 0 Å². The van der Waals surface area contributed by atoms with Crippen molar-refractivity contribution in [2.24, 2.45) is 0 Å². The van der Waals surface area contributed by atoms with Gasteiger partial charge in [0.15, 0.2) is 0 Å². The highest BCUT2D eigenvalue weighted by Crippen LogP contribution is 2.37. The zero-order chi connectivity index (χ0) is 11.8. The molecule has 5 nitrogen and oxygen atoms in total. The normalized spacial score (nSPS) is 16.9. The molecule has 1 aliphatic rings. The van der Waals surface area contributed by atoms with E-state index < -0.39 is 5.97 Å². The average Bonchev–Trinajstić information content (AvgIpc) is 2.98. The topological polar surface area (TPSA) is 82.5 Å². The van der Waals surface area contributed by atoms with Crippen molar-refractivity contribution in [1.29, 1.82) is 0 Å². The lowest BCUT2D eigenvalue weighted by molar-refractivity contribution is 0.0695. The van der Waals surface area contributed by atoms with Crippen molar-refractivity contribution in [2.45, 2.75) is 25.3 Å². The molecule has 1 aliphatic carbocycles. The van der Waals surface area contributed by atoms with Gasteiger partial charge in [0.2, 0.25) is 0 Å². The number of hydrogen-bond acceptors (Lipinski definition) is 4. The first-order valence-corrected chi connectivity index (χ1v) is 5.16. The quantitative estimate of drug-likeness (QED) is 0.708. The lowest BCUT2D eigenvalue weighted by Crippen LogP contribution is -2.26. The van der Waals surface area contributed by atoms with Gasteiger partial charge in [0.25, 0.3) is 0 Å². The maximum absolute atomic E-state index is 10.8. The number of aryl methyl sites for hydroxylation is 1. The number of anilines is 1. The van der Waals surface area contributed by atoms with Crippen molar-refractivity contribution in [2.75, 3.05) is 11.9 Å². The van der Waals surface area contributed by atoms with Gasteiger partial charge in [0.05, 0.1) is 23.4 Å². The zero-order valence-electron chi connectivity index (χ0n) is 9.03. The lowest BCUT2D eigenvalue weighted by atomic mass is 10.2. The van der Waals surface area contributed by atoms with E-state index in [1.54, 1.807) is 13.0 Å². The molecule has 0 aliphatic heterocycles. The number of aromatic nitrogens is 1. The Morgan fingerprint density at radius 3 is 2.69 bits per heavy atom. The maximum atomic E-state index is 10.8. The number of nitrogens with one attached hydrogen (secondary N) is 1. The van der Waals surface area contributed by atoms with Gasteiger partial charge >= 0.3 is 5.97 Å². The van der Waals surface area contributed by atoms with Crippen molar-refractivity contribution >= 4 is 11.8 Å². The van der Waals surface area contributed by atoms with Crippen molar-refractivity contribution in [3.05, 3.63) is 23.4 Å². The van der Waals surface area contributed by atoms with Crippen LogP contribution in [-0.4, -0.2) is 33.3 Å². The van der Waals surface area contributed by atoms with Gasteiger partial charge < -0.3 is 15.5 Å². The van der Waals surface area contributed by atoms with E-state index in [2.05, 4.69) is 10.3 Å². The van der Waals surface area contributed by atoms with Crippen LogP contribution in [0.25, 0.3) is 0 Å². The molecule has 0 bridgehead atoms. The van der Waals surface area contributed by atoms with Crippen molar-refractivity contribution in [3.8, 4) is 0 Å². The Kier molecular flexibility index (Phi) is 2.55. The molecular formula is C11H14N2O3. The highest BCUT2D eigenvalue weighted by atomic mass is 16.4. The molecule has 1 aromatic heterocycles. The summed E-state index contributed by atoms with van der Waals surface area (Å²) in [7, 11) is 0. The Morgan fingerprint density at radius 1 is 1.56 bits per heavy atom. The third kappa shape index (κ3) is 1.99. The summed E-state index contributed by atoms with van der Waals surface area (Å²) < 4.78 is 0.